The average molecular weight is 304 g/mol. The van der Waals surface area contributed by atoms with Crippen molar-refractivity contribution in [1.82, 2.24) is 4.90 Å². The molecule has 120 valence electrons. The van der Waals surface area contributed by atoms with Crippen LogP contribution in [0.4, 0.5) is 4.79 Å². The standard InChI is InChI=1S/C17H24N2O3/c1-3-22-17(21)19-11-7-6-10-14(19)15(16(18)20)13-9-5-4-8-12(13)2/h4-5,8-9,14-15H,3,6-7,10-11H2,1-2H3,(H2,18,20)/t14-,15+/m1/s1. The first-order valence-electron chi connectivity index (χ1n) is 7.84. The number of likely N-dealkylation sites (tertiary alicyclic amines) is 1. The van der Waals surface area contributed by atoms with Gasteiger partial charge in [-0.05, 0) is 44.2 Å². The fourth-order valence-corrected chi connectivity index (χ4v) is 3.22. The van der Waals surface area contributed by atoms with Crippen molar-refractivity contribution >= 4 is 12.0 Å². The molecule has 2 amide bonds. The van der Waals surface area contributed by atoms with E-state index < -0.39 is 11.8 Å². The Balaban J connectivity index is 2.35. The molecule has 2 N–H and O–H groups in total. The summed E-state index contributed by atoms with van der Waals surface area (Å²) in [5, 5.41) is 0. The zero-order valence-electron chi connectivity index (χ0n) is 13.2. The number of primary amides is 1. The normalized spacial score (nSPS) is 19.5. The summed E-state index contributed by atoms with van der Waals surface area (Å²) >= 11 is 0. The summed E-state index contributed by atoms with van der Waals surface area (Å²) in [6.45, 7) is 4.68. The van der Waals surface area contributed by atoms with Crippen LogP contribution in [-0.2, 0) is 9.53 Å². The smallest absolute Gasteiger partial charge is 0.410 e. The molecule has 5 heteroatoms. The number of nitrogens with two attached hydrogens (primary N) is 1. The summed E-state index contributed by atoms with van der Waals surface area (Å²) in [4.78, 5) is 26.0. The van der Waals surface area contributed by atoms with E-state index in [9.17, 15) is 9.59 Å². The van der Waals surface area contributed by atoms with Gasteiger partial charge in [-0.15, -0.1) is 0 Å². The van der Waals surface area contributed by atoms with Crippen molar-refractivity contribution in [1.29, 1.82) is 0 Å². The predicted octanol–water partition coefficient (Wildman–Crippen LogP) is 2.57. The Morgan fingerprint density at radius 1 is 1.36 bits per heavy atom. The Hall–Kier alpha value is -2.04. The number of carbonyl (C=O) groups is 2. The molecule has 0 spiro atoms. The number of benzene rings is 1. The van der Waals surface area contributed by atoms with Crippen LogP contribution in [0.1, 0.15) is 43.2 Å². The van der Waals surface area contributed by atoms with Gasteiger partial charge in [0.1, 0.15) is 0 Å². The molecule has 1 fully saturated rings. The number of nitrogens with zero attached hydrogens (tertiary/aromatic N) is 1. The topological polar surface area (TPSA) is 72.6 Å². The summed E-state index contributed by atoms with van der Waals surface area (Å²) < 4.78 is 5.14. The van der Waals surface area contributed by atoms with Crippen molar-refractivity contribution in [2.75, 3.05) is 13.2 Å². The molecule has 5 nitrogen and oxygen atoms in total. The number of hydrogen-bond donors (Lipinski definition) is 1. The highest BCUT2D eigenvalue weighted by Gasteiger charge is 2.38. The van der Waals surface area contributed by atoms with Crippen LogP contribution in [-0.4, -0.2) is 36.1 Å². The molecule has 1 saturated heterocycles. The van der Waals surface area contributed by atoms with Gasteiger partial charge in [-0.2, -0.15) is 0 Å². The number of amides is 2. The summed E-state index contributed by atoms with van der Waals surface area (Å²) in [7, 11) is 0. The van der Waals surface area contributed by atoms with Gasteiger partial charge in [-0.25, -0.2) is 4.79 Å². The van der Waals surface area contributed by atoms with Gasteiger partial charge in [0.2, 0.25) is 5.91 Å². The quantitative estimate of drug-likeness (QED) is 0.929. The van der Waals surface area contributed by atoms with Gasteiger partial charge in [-0.1, -0.05) is 24.3 Å². The molecule has 2 atom stereocenters. The van der Waals surface area contributed by atoms with Gasteiger partial charge in [0.05, 0.1) is 18.6 Å². The lowest BCUT2D eigenvalue weighted by Gasteiger charge is -2.39. The molecule has 0 bridgehead atoms. The minimum atomic E-state index is -0.495. The fraction of sp³-hybridized carbons (Fsp3) is 0.529. The van der Waals surface area contributed by atoms with E-state index in [4.69, 9.17) is 10.5 Å². The second-order valence-corrected chi connectivity index (χ2v) is 5.69. The summed E-state index contributed by atoms with van der Waals surface area (Å²) in [5.41, 5.74) is 7.60. The number of rotatable bonds is 4. The Bertz CT molecular complexity index is 544. The highest BCUT2D eigenvalue weighted by atomic mass is 16.6. The largest absolute Gasteiger partial charge is 0.450 e. The highest BCUT2D eigenvalue weighted by Crippen LogP contribution is 2.32. The molecule has 1 aliphatic rings. The summed E-state index contributed by atoms with van der Waals surface area (Å²) in [6, 6.07) is 7.48. The van der Waals surface area contributed by atoms with E-state index >= 15 is 0 Å². The molecule has 1 aliphatic heterocycles. The molecule has 1 aromatic rings. The third-order valence-electron chi connectivity index (χ3n) is 4.27. The molecule has 0 saturated carbocycles. The monoisotopic (exact) mass is 304 g/mol. The van der Waals surface area contributed by atoms with E-state index in [0.29, 0.717) is 13.2 Å². The van der Waals surface area contributed by atoms with Crippen LogP contribution in [0, 0.1) is 6.92 Å². The zero-order valence-corrected chi connectivity index (χ0v) is 13.2. The lowest BCUT2D eigenvalue weighted by Crippen LogP contribution is -2.50. The Morgan fingerprint density at radius 2 is 2.09 bits per heavy atom. The molecular weight excluding hydrogens is 280 g/mol. The van der Waals surface area contributed by atoms with Crippen molar-refractivity contribution in [3.63, 3.8) is 0 Å². The van der Waals surface area contributed by atoms with Crippen LogP contribution in [0.3, 0.4) is 0 Å². The van der Waals surface area contributed by atoms with Gasteiger partial charge < -0.3 is 15.4 Å². The van der Waals surface area contributed by atoms with Crippen molar-refractivity contribution < 1.29 is 14.3 Å². The summed E-state index contributed by atoms with van der Waals surface area (Å²) in [5.74, 6) is -0.888. The van der Waals surface area contributed by atoms with E-state index in [-0.39, 0.29) is 12.1 Å². The van der Waals surface area contributed by atoms with Crippen molar-refractivity contribution in [3.8, 4) is 0 Å². The number of piperidine rings is 1. The first kappa shape index (κ1) is 16.3. The van der Waals surface area contributed by atoms with Crippen LogP contribution in [0.2, 0.25) is 0 Å². The minimum absolute atomic E-state index is 0.230. The number of hydrogen-bond acceptors (Lipinski definition) is 3. The third kappa shape index (κ3) is 3.40. The van der Waals surface area contributed by atoms with Crippen molar-refractivity contribution in [2.45, 2.75) is 45.1 Å². The zero-order chi connectivity index (χ0) is 16.1. The third-order valence-corrected chi connectivity index (χ3v) is 4.27. The fourth-order valence-electron chi connectivity index (χ4n) is 3.22. The van der Waals surface area contributed by atoms with E-state index in [1.807, 2.05) is 31.2 Å². The number of carbonyl (C=O) groups excluding carboxylic acids is 2. The molecule has 2 rings (SSSR count). The second kappa shape index (κ2) is 7.29. The second-order valence-electron chi connectivity index (χ2n) is 5.69. The predicted molar refractivity (Wildman–Crippen MR) is 84.5 cm³/mol. The molecule has 0 radical (unpaired) electrons. The van der Waals surface area contributed by atoms with E-state index in [1.165, 1.54) is 0 Å². The molecule has 22 heavy (non-hydrogen) atoms. The molecule has 0 unspecified atom stereocenters. The van der Waals surface area contributed by atoms with Crippen LogP contribution in [0.5, 0.6) is 0 Å². The summed E-state index contributed by atoms with van der Waals surface area (Å²) in [6.07, 6.45) is 2.32. The van der Waals surface area contributed by atoms with E-state index in [1.54, 1.807) is 11.8 Å². The molecular formula is C17H24N2O3. The Labute approximate surface area is 131 Å². The Kier molecular flexibility index (Phi) is 5.41. The van der Waals surface area contributed by atoms with Crippen LogP contribution < -0.4 is 5.73 Å². The lowest BCUT2D eigenvalue weighted by molar-refractivity contribution is -0.121. The van der Waals surface area contributed by atoms with E-state index in [0.717, 1.165) is 30.4 Å². The van der Waals surface area contributed by atoms with Gasteiger partial charge in [-0.3, -0.25) is 4.79 Å². The molecule has 0 aromatic heterocycles. The van der Waals surface area contributed by atoms with Crippen LogP contribution >= 0.6 is 0 Å². The lowest BCUT2D eigenvalue weighted by atomic mass is 9.83. The van der Waals surface area contributed by atoms with Gasteiger partial charge in [0, 0.05) is 6.54 Å². The molecule has 1 heterocycles. The number of ether oxygens (including phenoxy) is 1. The van der Waals surface area contributed by atoms with Crippen molar-refractivity contribution in [3.05, 3.63) is 35.4 Å². The van der Waals surface area contributed by atoms with E-state index in [2.05, 4.69) is 0 Å². The van der Waals surface area contributed by atoms with Gasteiger partial charge >= 0.3 is 6.09 Å². The minimum Gasteiger partial charge on any atom is -0.450 e. The van der Waals surface area contributed by atoms with Gasteiger partial charge in [0.25, 0.3) is 0 Å². The number of aryl methyl sites for hydroxylation is 1. The van der Waals surface area contributed by atoms with Crippen LogP contribution in [0.25, 0.3) is 0 Å². The molecule has 0 aliphatic carbocycles. The average Bonchev–Trinajstić information content (AvgIpc) is 2.50. The molecule has 1 aromatic carbocycles. The first-order valence-corrected chi connectivity index (χ1v) is 7.84. The van der Waals surface area contributed by atoms with Crippen LogP contribution in [0.15, 0.2) is 24.3 Å². The first-order chi connectivity index (χ1) is 10.6. The maximum Gasteiger partial charge on any atom is 0.410 e. The van der Waals surface area contributed by atoms with Gasteiger partial charge in [0.15, 0.2) is 0 Å². The van der Waals surface area contributed by atoms with Crippen molar-refractivity contribution in [2.24, 2.45) is 5.73 Å². The SMILES string of the molecule is CCOC(=O)N1CCCC[C@@H]1[C@@H](C(N)=O)c1ccccc1C. The highest BCUT2D eigenvalue weighted by molar-refractivity contribution is 5.84. The maximum absolute atomic E-state index is 12.2. The Morgan fingerprint density at radius 3 is 2.73 bits per heavy atom. The maximum atomic E-state index is 12.2.